The fraction of sp³-hybridized carbons (Fsp3) is 0.238. The van der Waals surface area contributed by atoms with Crippen LogP contribution in [0.4, 0.5) is 11.4 Å². The van der Waals surface area contributed by atoms with E-state index < -0.39 is 0 Å². The molecule has 2 aromatic carbocycles. The van der Waals surface area contributed by atoms with Crippen molar-refractivity contribution in [3.05, 3.63) is 57.5 Å². The van der Waals surface area contributed by atoms with Gasteiger partial charge in [0.15, 0.2) is 0 Å². The van der Waals surface area contributed by atoms with E-state index in [9.17, 15) is 4.79 Å². The lowest BCUT2D eigenvalue weighted by molar-refractivity contribution is -0.114. The van der Waals surface area contributed by atoms with Crippen LogP contribution in [0.3, 0.4) is 0 Å². The number of aryl methyl sites for hydroxylation is 1. The van der Waals surface area contributed by atoms with Crippen molar-refractivity contribution in [3.8, 4) is 16.8 Å². The van der Waals surface area contributed by atoms with Gasteiger partial charge >= 0.3 is 0 Å². The molecule has 0 radical (unpaired) electrons. The number of para-hydroxylation sites is 1. The number of aromatic nitrogens is 1. The van der Waals surface area contributed by atoms with E-state index in [4.69, 9.17) is 12.2 Å². The van der Waals surface area contributed by atoms with Crippen LogP contribution in [0, 0.1) is 11.6 Å². The normalized spacial score (nSPS) is 14.1. The topological polar surface area (TPSA) is 46.1 Å². The molecule has 2 heterocycles. The Bertz CT molecular complexity index is 1110. The molecule has 138 valence electrons. The van der Waals surface area contributed by atoms with Crippen molar-refractivity contribution in [2.45, 2.75) is 33.2 Å². The van der Waals surface area contributed by atoms with Crippen LogP contribution in [0.5, 0.6) is 0 Å². The van der Waals surface area contributed by atoms with E-state index in [-0.39, 0.29) is 11.4 Å². The van der Waals surface area contributed by atoms with Gasteiger partial charge in [0.2, 0.25) is 5.91 Å². The van der Waals surface area contributed by atoms with Crippen LogP contribution in [0.1, 0.15) is 31.2 Å². The maximum absolute atomic E-state index is 11.2. The molecule has 0 saturated heterocycles. The molecule has 0 atom stereocenters. The molecule has 2 N–H and O–H groups in total. The average Bonchev–Trinajstić information content (AvgIpc) is 2.95. The van der Waals surface area contributed by atoms with Gasteiger partial charge in [0.05, 0.1) is 16.1 Å². The van der Waals surface area contributed by atoms with E-state index in [0.29, 0.717) is 0 Å². The highest BCUT2D eigenvalue weighted by atomic mass is 32.1. The van der Waals surface area contributed by atoms with Crippen LogP contribution in [0.2, 0.25) is 0 Å². The molecule has 27 heavy (non-hydrogen) atoms. The molecule has 1 aliphatic heterocycles. The zero-order chi connectivity index (χ0) is 19.3. The highest BCUT2D eigenvalue weighted by Gasteiger charge is 2.35. The van der Waals surface area contributed by atoms with Crippen molar-refractivity contribution in [2.24, 2.45) is 0 Å². The summed E-state index contributed by atoms with van der Waals surface area (Å²) in [5.41, 5.74) is 6.27. The minimum atomic E-state index is -0.200. The number of benzene rings is 2. The average molecular weight is 396 g/mol. The Kier molecular flexibility index (Phi) is 4.20. The van der Waals surface area contributed by atoms with Gasteiger partial charge in [-0.05, 0) is 50.6 Å². The number of carbonyl (C=O) groups is 1. The second-order valence-electron chi connectivity index (χ2n) is 7.37. The van der Waals surface area contributed by atoms with Gasteiger partial charge in [0.1, 0.15) is 4.64 Å². The van der Waals surface area contributed by atoms with Gasteiger partial charge in [-0.2, -0.15) is 0 Å². The Labute approximate surface area is 168 Å². The fourth-order valence-corrected chi connectivity index (χ4v) is 5.16. The van der Waals surface area contributed by atoms with Crippen molar-refractivity contribution in [1.82, 2.24) is 3.96 Å². The van der Waals surface area contributed by atoms with Gasteiger partial charge in [-0.25, -0.2) is 0 Å². The third kappa shape index (κ3) is 2.99. The SMILES string of the molecule is CC(=O)Nc1ccc(-n2sc3c(c2=S)-c2cccc(C)c2NC3(C)C)cc1. The summed E-state index contributed by atoms with van der Waals surface area (Å²) in [6.07, 6.45) is 0. The van der Waals surface area contributed by atoms with Crippen molar-refractivity contribution >= 4 is 41.0 Å². The summed E-state index contributed by atoms with van der Waals surface area (Å²) in [5, 5.41) is 6.49. The Balaban J connectivity index is 1.88. The molecule has 4 nitrogen and oxygen atoms in total. The van der Waals surface area contributed by atoms with Crippen LogP contribution >= 0.6 is 23.8 Å². The zero-order valence-corrected chi connectivity index (χ0v) is 17.3. The minimum absolute atomic E-state index is 0.0780. The first-order valence-corrected chi connectivity index (χ1v) is 9.99. The van der Waals surface area contributed by atoms with Crippen molar-refractivity contribution in [2.75, 3.05) is 10.6 Å². The summed E-state index contributed by atoms with van der Waals surface area (Å²) >= 11 is 7.57. The van der Waals surface area contributed by atoms with E-state index in [1.165, 1.54) is 22.9 Å². The monoisotopic (exact) mass is 395 g/mol. The van der Waals surface area contributed by atoms with Crippen LogP contribution in [0.25, 0.3) is 16.8 Å². The molecule has 1 amide bonds. The van der Waals surface area contributed by atoms with E-state index in [1.807, 2.05) is 24.3 Å². The van der Waals surface area contributed by atoms with Gasteiger partial charge < -0.3 is 10.6 Å². The van der Waals surface area contributed by atoms with Crippen molar-refractivity contribution in [3.63, 3.8) is 0 Å². The summed E-state index contributed by atoms with van der Waals surface area (Å²) in [5.74, 6) is -0.0780. The predicted molar refractivity (Wildman–Crippen MR) is 116 cm³/mol. The van der Waals surface area contributed by atoms with Gasteiger partial charge in [-0.15, -0.1) is 0 Å². The van der Waals surface area contributed by atoms with Crippen molar-refractivity contribution < 1.29 is 4.79 Å². The quantitative estimate of drug-likeness (QED) is 0.534. The number of nitrogens with zero attached hydrogens (tertiary/aromatic N) is 1. The molecule has 0 spiro atoms. The second kappa shape index (κ2) is 6.32. The van der Waals surface area contributed by atoms with E-state index >= 15 is 0 Å². The number of carbonyl (C=O) groups excluding carboxylic acids is 1. The summed E-state index contributed by atoms with van der Waals surface area (Å²) in [6.45, 7) is 8.01. The highest BCUT2D eigenvalue weighted by molar-refractivity contribution is 7.71. The van der Waals surface area contributed by atoms with Crippen molar-refractivity contribution in [1.29, 1.82) is 0 Å². The first-order chi connectivity index (χ1) is 12.8. The molecule has 0 fully saturated rings. The van der Waals surface area contributed by atoms with Crippen LogP contribution in [0.15, 0.2) is 42.5 Å². The minimum Gasteiger partial charge on any atom is -0.374 e. The third-order valence-electron chi connectivity index (χ3n) is 4.78. The van der Waals surface area contributed by atoms with E-state index in [2.05, 4.69) is 53.6 Å². The molecule has 0 bridgehead atoms. The second-order valence-corrected chi connectivity index (χ2v) is 8.71. The number of hydrogen-bond acceptors (Lipinski definition) is 4. The fourth-order valence-electron chi connectivity index (χ4n) is 3.51. The van der Waals surface area contributed by atoms with Crippen LogP contribution in [-0.4, -0.2) is 9.86 Å². The first-order valence-electron chi connectivity index (χ1n) is 8.81. The molecular weight excluding hydrogens is 374 g/mol. The van der Waals surface area contributed by atoms with E-state index in [0.717, 1.165) is 27.3 Å². The molecular formula is C21H21N3OS2. The molecule has 0 saturated carbocycles. The Morgan fingerprint density at radius 2 is 1.89 bits per heavy atom. The van der Waals surface area contributed by atoms with Gasteiger partial charge in [-0.1, -0.05) is 41.9 Å². The molecule has 6 heteroatoms. The van der Waals surface area contributed by atoms with Gasteiger partial charge in [0, 0.05) is 29.4 Å². The van der Waals surface area contributed by atoms with Crippen LogP contribution < -0.4 is 10.6 Å². The van der Waals surface area contributed by atoms with Gasteiger partial charge in [0.25, 0.3) is 0 Å². The molecule has 1 aliphatic rings. The largest absolute Gasteiger partial charge is 0.374 e. The highest BCUT2D eigenvalue weighted by Crippen LogP contribution is 2.48. The predicted octanol–water partition coefficient (Wildman–Crippen LogP) is 5.86. The summed E-state index contributed by atoms with van der Waals surface area (Å²) in [6, 6.07) is 14.1. The number of fused-ring (bicyclic) bond motifs is 3. The molecule has 0 aliphatic carbocycles. The lowest BCUT2D eigenvalue weighted by Crippen LogP contribution is -2.31. The first kappa shape index (κ1) is 17.9. The maximum atomic E-state index is 11.2. The smallest absolute Gasteiger partial charge is 0.221 e. The number of hydrogen-bond donors (Lipinski definition) is 2. The molecule has 0 unspecified atom stereocenters. The standard InChI is InChI=1S/C21H21N3OS2/c1-12-6-5-7-16-17-19(21(3,4)23-18(12)16)27-24(20(17)26)15-10-8-14(9-11-15)22-13(2)25/h5-11,23H,1-4H3,(H,22,25). The molecule has 1 aromatic heterocycles. The number of rotatable bonds is 2. The third-order valence-corrected chi connectivity index (χ3v) is 6.75. The lowest BCUT2D eigenvalue weighted by Gasteiger charge is -2.34. The molecule has 3 aromatic rings. The van der Waals surface area contributed by atoms with Crippen LogP contribution in [-0.2, 0) is 10.3 Å². The summed E-state index contributed by atoms with van der Waals surface area (Å²) in [7, 11) is 0. The van der Waals surface area contributed by atoms with E-state index in [1.54, 1.807) is 11.5 Å². The Morgan fingerprint density at radius 3 is 2.56 bits per heavy atom. The number of nitrogens with one attached hydrogen (secondary N) is 2. The lowest BCUT2D eigenvalue weighted by atomic mass is 9.88. The molecule has 4 rings (SSSR count). The Hall–Kier alpha value is -2.44. The maximum Gasteiger partial charge on any atom is 0.221 e. The Morgan fingerprint density at radius 1 is 1.19 bits per heavy atom. The number of anilines is 2. The number of amides is 1. The zero-order valence-electron chi connectivity index (χ0n) is 15.7. The van der Waals surface area contributed by atoms with Gasteiger partial charge in [-0.3, -0.25) is 8.75 Å². The summed E-state index contributed by atoms with van der Waals surface area (Å²) in [4.78, 5) is 12.5. The summed E-state index contributed by atoms with van der Waals surface area (Å²) < 4.78 is 2.92.